The highest BCUT2D eigenvalue weighted by Crippen LogP contribution is 2.23. The van der Waals surface area contributed by atoms with Gasteiger partial charge in [0.05, 0.1) is 19.8 Å². The lowest BCUT2D eigenvalue weighted by molar-refractivity contribution is 0.166. The normalized spacial score (nSPS) is 17.9. The zero-order chi connectivity index (χ0) is 21.8. The lowest BCUT2D eigenvalue weighted by Crippen LogP contribution is -2.40. The molecule has 0 aliphatic carbocycles. The number of aliphatic hydroxyl groups is 1. The van der Waals surface area contributed by atoms with Crippen LogP contribution in [0.3, 0.4) is 0 Å². The van der Waals surface area contributed by atoms with Gasteiger partial charge in [0.25, 0.3) is 0 Å². The zero-order valence-electron chi connectivity index (χ0n) is 19.2. The average Bonchev–Trinajstić information content (AvgIpc) is 3.22. The Kier molecular flexibility index (Phi) is 11.0. The summed E-state index contributed by atoms with van der Waals surface area (Å²) in [7, 11) is 0. The number of aryl methyl sites for hydroxylation is 1. The summed E-state index contributed by atoms with van der Waals surface area (Å²) in [6.07, 6.45) is 2.97. The van der Waals surface area contributed by atoms with Crippen LogP contribution in [0, 0.1) is 24.7 Å². The highest BCUT2D eigenvalue weighted by Gasteiger charge is 2.17. The summed E-state index contributed by atoms with van der Waals surface area (Å²) in [4.78, 5) is 4.79. The summed E-state index contributed by atoms with van der Waals surface area (Å²) in [6, 6.07) is 6.31. The van der Waals surface area contributed by atoms with Crippen molar-refractivity contribution in [3.63, 3.8) is 0 Å². The van der Waals surface area contributed by atoms with Gasteiger partial charge in [-0.05, 0) is 56.6 Å². The molecule has 1 fully saturated rings. The third kappa shape index (κ3) is 8.92. The van der Waals surface area contributed by atoms with Gasteiger partial charge in [0.15, 0.2) is 5.96 Å². The first kappa shape index (κ1) is 24.5. The maximum Gasteiger partial charge on any atom is 0.191 e. The molecule has 0 spiro atoms. The molecule has 1 heterocycles. The van der Waals surface area contributed by atoms with Gasteiger partial charge in [0.2, 0.25) is 0 Å². The van der Waals surface area contributed by atoms with E-state index in [4.69, 9.17) is 14.5 Å². The Balaban J connectivity index is 1.99. The summed E-state index contributed by atoms with van der Waals surface area (Å²) >= 11 is 0. The molecule has 2 atom stereocenters. The van der Waals surface area contributed by atoms with Crippen molar-refractivity contribution in [2.45, 2.75) is 53.5 Å². The van der Waals surface area contributed by atoms with E-state index in [9.17, 15) is 5.11 Å². The van der Waals surface area contributed by atoms with Gasteiger partial charge in [-0.3, -0.25) is 0 Å². The standard InChI is InChI=1S/C24H41N3O3/c1-5-25-24(26-14-20(8-10-28)12-18(2)3)27-15-22-7-6-19(4)13-23(22)30-17-21-9-11-29-16-21/h6-7,13,18,20-21,28H,5,8-12,14-17H2,1-4H3,(H2,25,26,27). The molecule has 2 rings (SSSR count). The molecule has 3 N–H and O–H groups in total. The summed E-state index contributed by atoms with van der Waals surface area (Å²) < 4.78 is 11.6. The molecule has 0 bridgehead atoms. The van der Waals surface area contributed by atoms with Gasteiger partial charge in [-0.1, -0.05) is 26.0 Å². The molecular formula is C24H41N3O3. The van der Waals surface area contributed by atoms with E-state index in [0.717, 1.165) is 62.8 Å². The molecule has 170 valence electrons. The smallest absolute Gasteiger partial charge is 0.191 e. The lowest BCUT2D eigenvalue weighted by atomic mass is 9.94. The van der Waals surface area contributed by atoms with Gasteiger partial charge in [0.1, 0.15) is 5.75 Å². The van der Waals surface area contributed by atoms with Gasteiger partial charge in [0, 0.05) is 37.8 Å². The van der Waals surface area contributed by atoms with Crippen LogP contribution in [0.15, 0.2) is 23.2 Å². The molecule has 0 aromatic heterocycles. The molecule has 0 amide bonds. The van der Waals surface area contributed by atoms with Crippen LogP contribution in [0.25, 0.3) is 0 Å². The first-order valence-electron chi connectivity index (χ1n) is 11.4. The van der Waals surface area contributed by atoms with E-state index in [1.165, 1.54) is 5.56 Å². The van der Waals surface area contributed by atoms with Crippen LogP contribution < -0.4 is 15.4 Å². The molecule has 0 radical (unpaired) electrons. The van der Waals surface area contributed by atoms with E-state index in [2.05, 4.69) is 56.5 Å². The van der Waals surface area contributed by atoms with Crippen molar-refractivity contribution in [3.05, 3.63) is 29.3 Å². The predicted molar refractivity (Wildman–Crippen MR) is 123 cm³/mol. The molecule has 1 saturated heterocycles. The SMILES string of the molecule is CCNC(=NCc1ccc(C)cc1OCC1CCOC1)NCC(CCO)CC(C)C. The number of hydrogen-bond acceptors (Lipinski definition) is 4. The largest absolute Gasteiger partial charge is 0.493 e. The number of nitrogens with one attached hydrogen (secondary N) is 2. The maximum atomic E-state index is 9.36. The van der Waals surface area contributed by atoms with Crippen LogP contribution in [0.1, 0.15) is 51.2 Å². The van der Waals surface area contributed by atoms with E-state index in [-0.39, 0.29) is 6.61 Å². The molecule has 1 aromatic rings. The Morgan fingerprint density at radius 2 is 2.17 bits per heavy atom. The van der Waals surface area contributed by atoms with Crippen molar-refractivity contribution < 1.29 is 14.6 Å². The first-order chi connectivity index (χ1) is 14.5. The quantitative estimate of drug-likeness (QED) is 0.357. The van der Waals surface area contributed by atoms with E-state index >= 15 is 0 Å². The Morgan fingerprint density at radius 3 is 2.83 bits per heavy atom. The number of aliphatic hydroxyl groups excluding tert-OH is 1. The van der Waals surface area contributed by atoms with Gasteiger partial charge < -0.3 is 25.2 Å². The molecule has 6 nitrogen and oxygen atoms in total. The molecule has 30 heavy (non-hydrogen) atoms. The van der Waals surface area contributed by atoms with E-state index in [0.29, 0.717) is 30.9 Å². The molecule has 0 saturated carbocycles. The minimum absolute atomic E-state index is 0.225. The second kappa shape index (κ2) is 13.5. The number of hydrogen-bond donors (Lipinski definition) is 3. The van der Waals surface area contributed by atoms with Gasteiger partial charge >= 0.3 is 0 Å². The third-order valence-corrected chi connectivity index (χ3v) is 5.37. The number of rotatable bonds is 12. The fourth-order valence-electron chi connectivity index (χ4n) is 3.75. The van der Waals surface area contributed by atoms with Crippen LogP contribution in [0.5, 0.6) is 5.75 Å². The zero-order valence-corrected chi connectivity index (χ0v) is 19.2. The van der Waals surface area contributed by atoms with Crippen molar-refractivity contribution in [3.8, 4) is 5.75 Å². The number of aliphatic imine (C=N–C) groups is 1. The molecule has 2 unspecified atom stereocenters. The van der Waals surface area contributed by atoms with Gasteiger partial charge in [-0.15, -0.1) is 0 Å². The van der Waals surface area contributed by atoms with E-state index in [1.807, 2.05) is 0 Å². The fraction of sp³-hybridized carbons (Fsp3) is 0.708. The monoisotopic (exact) mass is 419 g/mol. The Morgan fingerprint density at radius 1 is 1.33 bits per heavy atom. The van der Waals surface area contributed by atoms with Gasteiger partial charge in [-0.2, -0.15) is 0 Å². The number of benzene rings is 1. The van der Waals surface area contributed by atoms with E-state index < -0.39 is 0 Å². The van der Waals surface area contributed by atoms with Crippen molar-refractivity contribution in [1.82, 2.24) is 10.6 Å². The van der Waals surface area contributed by atoms with Gasteiger partial charge in [-0.25, -0.2) is 4.99 Å². The molecule has 1 aliphatic rings. The topological polar surface area (TPSA) is 75.1 Å². The van der Waals surface area contributed by atoms with Crippen molar-refractivity contribution in [2.24, 2.45) is 22.7 Å². The predicted octanol–water partition coefficient (Wildman–Crippen LogP) is 3.51. The Hall–Kier alpha value is -1.79. The second-order valence-corrected chi connectivity index (χ2v) is 8.74. The Labute approximate surface area is 182 Å². The molecule has 1 aliphatic heterocycles. The summed E-state index contributed by atoms with van der Waals surface area (Å²) in [5, 5.41) is 16.1. The lowest BCUT2D eigenvalue weighted by Gasteiger charge is -2.20. The third-order valence-electron chi connectivity index (χ3n) is 5.37. The first-order valence-corrected chi connectivity index (χ1v) is 11.4. The number of guanidine groups is 1. The van der Waals surface area contributed by atoms with E-state index in [1.54, 1.807) is 0 Å². The van der Waals surface area contributed by atoms with Crippen LogP contribution in [0.2, 0.25) is 0 Å². The van der Waals surface area contributed by atoms with Crippen molar-refractivity contribution in [1.29, 1.82) is 0 Å². The molecule has 1 aromatic carbocycles. The summed E-state index contributed by atoms with van der Waals surface area (Å²) in [5.41, 5.74) is 2.27. The minimum Gasteiger partial charge on any atom is -0.493 e. The highest BCUT2D eigenvalue weighted by molar-refractivity contribution is 5.79. The maximum absolute atomic E-state index is 9.36. The van der Waals surface area contributed by atoms with Crippen molar-refractivity contribution >= 4 is 5.96 Å². The average molecular weight is 420 g/mol. The van der Waals surface area contributed by atoms with Crippen molar-refractivity contribution in [2.75, 3.05) is 39.5 Å². The van der Waals surface area contributed by atoms with Crippen LogP contribution in [-0.4, -0.2) is 50.6 Å². The number of nitrogens with zero attached hydrogens (tertiary/aromatic N) is 1. The van der Waals surface area contributed by atoms with Crippen LogP contribution in [-0.2, 0) is 11.3 Å². The van der Waals surface area contributed by atoms with Crippen LogP contribution >= 0.6 is 0 Å². The Bertz CT molecular complexity index is 643. The highest BCUT2D eigenvalue weighted by atomic mass is 16.5. The molecular weight excluding hydrogens is 378 g/mol. The van der Waals surface area contributed by atoms with Crippen LogP contribution in [0.4, 0.5) is 0 Å². The molecule has 6 heteroatoms. The second-order valence-electron chi connectivity index (χ2n) is 8.74. The minimum atomic E-state index is 0.225. The summed E-state index contributed by atoms with van der Waals surface area (Å²) in [5.74, 6) is 3.25. The fourth-order valence-corrected chi connectivity index (χ4v) is 3.75. The summed E-state index contributed by atoms with van der Waals surface area (Å²) in [6.45, 7) is 13.3. The number of ether oxygens (including phenoxy) is 2.